The van der Waals surface area contributed by atoms with E-state index in [1.54, 1.807) is 0 Å². The van der Waals surface area contributed by atoms with Crippen LogP contribution >= 0.6 is 0 Å². The maximum atomic E-state index is 12.9. The van der Waals surface area contributed by atoms with Crippen molar-refractivity contribution in [1.29, 1.82) is 0 Å². The second-order valence-corrected chi connectivity index (χ2v) is 7.81. The highest BCUT2D eigenvalue weighted by Crippen LogP contribution is 2.22. The van der Waals surface area contributed by atoms with Gasteiger partial charge in [0, 0.05) is 44.4 Å². The molecule has 26 heavy (non-hydrogen) atoms. The summed E-state index contributed by atoms with van der Waals surface area (Å²) in [5.41, 5.74) is 1.98. The van der Waals surface area contributed by atoms with Gasteiger partial charge in [0.15, 0.2) is 0 Å². The Morgan fingerprint density at radius 1 is 1.15 bits per heavy atom. The second kappa shape index (κ2) is 8.98. The lowest BCUT2D eigenvalue weighted by atomic mass is 9.98. The standard InChI is InChI=1S/C21H32N2O3/c1-16-13-22(14-17(2)26-16)15-18-6-8-19(9-7-18)21(25)23-11-4-3-5-20(23)10-12-24/h6-9,16-17,20,24H,3-5,10-15H2,1-2H3. The Morgan fingerprint density at radius 2 is 1.85 bits per heavy atom. The van der Waals surface area contributed by atoms with Gasteiger partial charge in [0.25, 0.3) is 5.91 Å². The second-order valence-electron chi connectivity index (χ2n) is 7.81. The summed E-state index contributed by atoms with van der Waals surface area (Å²) in [6.45, 7) is 7.96. The number of ether oxygens (including phenoxy) is 1. The van der Waals surface area contributed by atoms with Gasteiger partial charge in [-0.25, -0.2) is 0 Å². The SMILES string of the molecule is CC1CN(Cc2ccc(C(=O)N3CCCCC3CCO)cc2)CC(C)O1. The third-order valence-electron chi connectivity index (χ3n) is 5.45. The molecule has 2 aliphatic heterocycles. The topological polar surface area (TPSA) is 53.0 Å². The van der Waals surface area contributed by atoms with E-state index in [2.05, 4.69) is 30.9 Å². The smallest absolute Gasteiger partial charge is 0.254 e. The van der Waals surface area contributed by atoms with E-state index in [1.165, 1.54) is 5.56 Å². The fraction of sp³-hybridized carbons (Fsp3) is 0.667. The molecule has 1 N–H and O–H groups in total. The Bertz CT molecular complexity index is 577. The highest BCUT2D eigenvalue weighted by atomic mass is 16.5. The fourth-order valence-electron chi connectivity index (χ4n) is 4.31. The van der Waals surface area contributed by atoms with Crippen molar-refractivity contribution in [3.8, 4) is 0 Å². The van der Waals surface area contributed by atoms with Crippen molar-refractivity contribution in [3.05, 3.63) is 35.4 Å². The molecule has 2 heterocycles. The fourth-order valence-corrected chi connectivity index (χ4v) is 4.31. The number of amides is 1. The van der Waals surface area contributed by atoms with Gasteiger partial charge in [-0.15, -0.1) is 0 Å². The lowest BCUT2D eigenvalue weighted by molar-refractivity contribution is -0.0704. The number of carbonyl (C=O) groups is 1. The number of benzene rings is 1. The maximum absolute atomic E-state index is 12.9. The number of piperidine rings is 1. The van der Waals surface area contributed by atoms with Crippen molar-refractivity contribution in [3.63, 3.8) is 0 Å². The lowest BCUT2D eigenvalue weighted by Gasteiger charge is -2.36. The number of carbonyl (C=O) groups excluding carboxylic acids is 1. The first-order valence-corrected chi connectivity index (χ1v) is 9.95. The summed E-state index contributed by atoms with van der Waals surface area (Å²) in [5, 5.41) is 9.27. The molecule has 144 valence electrons. The van der Waals surface area contributed by atoms with Crippen LogP contribution in [0.3, 0.4) is 0 Å². The van der Waals surface area contributed by atoms with Gasteiger partial charge in [-0.2, -0.15) is 0 Å². The maximum Gasteiger partial charge on any atom is 0.254 e. The highest BCUT2D eigenvalue weighted by molar-refractivity contribution is 5.94. The summed E-state index contributed by atoms with van der Waals surface area (Å²) in [5.74, 6) is 0.100. The van der Waals surface area contributed by atoms with E-state index in [4.69, 9.17) is 4.74 Å². The predicted octanol–water partition coefficient (Wildman–Crippen LogP) is 2.67. The molecule has 2 saturated heterocycles. The van der Waals surface area contributed by atoms with Crippen molar-refractivity contribution in [2.75, 3.05) is 26.2 Å². The van der Waals surface area contributed by atoms with Crippen molar-refractivity contribution < 1.29 is 14.6 Å². The molecule has 1 aromatic carbocycles. The van der Waals surface area contributed by atoms with E-state index >= 15 is 0 Å². The molecule has 0 aliphatic carbocycles. The van der Waals surface area contributed by atoms with Gasteiger partial charge >= 0.3 is 0 Å². The molecule has 5 nitrogen and oxygen atoms in total. The Balaban J connectivity index is 1.62. The quantitative estimate of drug-likeness (QED) is 0.877. The van der Waals surface area contributed by atoms with Crippen LogP contribution in [0.15, 0.2) is 24.3 Å². The first-order chi connectivity index (χ1) is 12.6. The van der Waals surface area contributed by atoms with E-state index in [-0.39, 0.29) is 30.8 Å². The van der Waals surface area contributed by atoms with Gasteiger partial charge in [0.2, 0.25) is 0 Å². The Morgan fingerprint density at radius 3 is 2.50 bits per heavy atom. The van der Waals surface area contributed by atoms with Crippen LogP contribution < -0.4 is 0 Å². The van der Waals surface area contributed by atoms with Crippen molar-refractivity contribution in [1.82, 2.24) is 9.80 Å². The minimum absolute atomic E-state index is 0.100. The van der Waals surface area contributed by atoms with Gasteiger partial charge in [-0.3, -0.25) is 9.69 Å². The molecule has 0 aromatic heterocycles. The van der Waals surface area contributed by atoms with E-state index in [0.717, 1.165) is 51.0 Å². The first kappa shape index (κ1) is 19.3. The average Bonchev–Trinajstić information content (AvgIpc) is 2.62. The third-order valence-corrected chi connectivity index (χ3v) is 5.45. The molecule has 1 amide bonds. The van der Waals surface area contributed by atoms with Crippen LogP contribution in [0.25, 0.3) is 0 Å². The van der Waals surface area contributed by atoms with E-state index in [9.17, 15) is 9.90 Å². The number of morpholine rings is 1. The van der Waals surface area contributed by atoms with Gasteiger partial charge in [-0.1, -0.05) is 12.1 Å². The van der Waals surface area contributed by atoms with Gasteiger partial charge < -0.3 is 14.7 Å². The monoisotopic (exact) mass is 360 g/mol. The van der Waals surface area contributed by atoms with E-state index in [0.29, 0.717) is 6.42 Å². The molecule has 3 unspecified atom stereocenters. The Hall–Kier alpha value is -1.43. The normalized spacial score (nSPS) is 27.5. The number of hydrogen-bond donors (Lipinski definition) is 1. The van der Waals surface area contributed by atoms with Crippen LogP contribution in [0.2, 0.25) is 0 Å². The molecule has 5 heteroatoms. The van der Waals surface area contributed by atoms with Crippen LogP contribution in [0.4, 0.5) is 0 Å². The average molecular weight is 360 g/mol. The van der Waals surface area contributed by atoms with Gasteiger partial charge in [-0.05, 0) is 57.2 Å². The molecular formula is C21H32N2O3. The molecular weight excluding hydrogens is 328 g/mol. The predicted molar refractivity (Wildman–Crippen MR) is 102 cm³/mol. The molecule has 1 aromatic rings. The van der Waals surface area contributed by atoms with E-state index in [1.807, 2.05) is 17.0 Å². The Labute approximate surface area is 156 Å². The molecule has 2 fully saturated rings. The van der Waals surface area contributed by atoms with Crippen LogP contribution in [-0.2, 0) is 11.3 Å². The number of aliphatic hydroxyl groups excluding tert-OH is 1. The summed E-state index contributed by atoms with van der Waals surface area (Å²) in [6.07, 6.45) is 4.40. The zero-order valence-corrected chi connectivity index (χ0v) is 16.1. The minimum atomic E-state index is 0.100. The summed E-state index contributed by atoms with van der Waals surface area (Å²) >= 11 is 0. The molecule has 3 atom stereocenters. The van der Waals surface area contributed by atoms with Crippen molar-refractivity contribution in [2.24, 2.45) is 0 Å². The number of nitrogens with zero attached hydrogens (tertiary/aromatic N) is 2. The minimum Gasteiger partial charge on any atom is -0.396 e. The zero-order valence-electron chi connectivity index (χ0n) is 16.1. The van der Waals surface area contributed by atoms with Gasteiger partial charge in [0.1, 0.15) is 0 Å². The van der Waals surface area contributed by atoms with Crippen LogP contribution in [0.5, 0.6) is 0 Å². The summed E-state index contributed by atoms with van der Waals surface area (Å²) in [4.78, 5) is 17.3. The third kappa shape index (κ3) is 4.84. The van der Waals surface area contributed by atoms with Crippen LogP contribution in [0.1, 0.15) is 55.5 Å². The van der Waals surface area contributed by atoms with Crippen molar-refractivity contribution >= 4 is 5.91 Å². The molecule has 2 aliphatic rings. The van der Waals surface area contributed by atoms with Crippen molar-refractivity contribution in [2.45, 2.75) is 64.3 Å². The largest absolute Gasteiger partial charge is 0.396 e. The summed E-state index contributed by atoms with van der Waals surface area (Å²) < 4.78 is 5.79. The molecule has 0 bridgehead atoms. The number of hydrogen-bond acceptors (Lipinski definition) is 4. The molecule has 0 spiro atoms. The lowest BCUT2D eigenvalue weighted by Crippen LogP contribution is -2.45. The number of likely N-dealkylation sites (tertiary alicyclic amines) is 1. The van der Waals surface area contributed by atoms with Crippen LogP contribution in [-0.4, -0.2) is 65.3 Å². The number of rotatable bonds is 5. The summed E-state index contributed by atoms with van der Waals surface area (Å²) in [7, 11) is 0. The van der Waals surface area contributed by atoms with Crippen LogP contribution in [0, 0.1) is 0 Å². The molecule has 0 radical (unpaired) electrons. The van der Waals surface area contributed by atoms with E-state index < -0.39 is 0 Å². The first-order valence-electron chi connectivity index (χ1n) is 9.95. The Kier molecular flexibility index (Phi) is 6.68. The molecule has 3 rings (SSSR count). The van der Waals surface area contributed by atoms with Gasteiger partial charge in [0.05, 0.1) is 12.2 Å². The zero-order chi connectivity index (χ0) is 18.5. The molecule has 0 saturated carbocycles. The summed E-state index contributed by atoms with van der Waals surface area (Å²) in [6, 6.07) is 8.23. The highest BCUT2D eigenvalue weighted by Gasteiger charge is 2.27. The number of aliphatic hydroxyl groups is 1.